The van der Waals surface area contributed by atoms with Crippen molar-refractivity contribution >= 4 is 5.91 Å². The minimum absolute atomic E-state index is 0.107. The molecule has 0 spiro atoms. The first-order valence-electron chi connectivity index (χ1n) is 9.40. The van der Waals surface area contributed by atoms with E-state index in [0.29, 0.717) is 5.56 Å². The molecule has 0 unspecified atom stereocenters. The molecular formula is C22H27FN2O. The van der Waals surface area contributed by atoms with Crippen molar-refractivity contribution < 1.29 is 9.18 Å². The van der Waals surface area contributed by atoms with Gasteiger partial charge >= 0.3 is 0 Å². The number of carbonyl (C=O) groups is 1. The van der Waals surface area contributed by atoms with E-state index < -0.39 is 0 Å². The van der Waals surface area contributed by atoms with Crippen LogP contribution in [0.2, 0.25) is 0 Å². The van der Waals surface area contributed by atoms with Crippen LogP contribution in [-0.2, 0) is 11.3 Å². The lowest BCUT2D eigenvalue weighted by Crippen LogP contribution is -2.42. The molecule has 0 saturated carbocycles. The van der Waals surface area contributed by atoms with Crippen LogP contribution in [0.3, 0.4) is 0 Å². The highest BCUT2D eigenvalue weighted by molar-refractivity contribution is 5.79. The quantitative estimate of drug-likeness (QED) is 0.871. The van der Waals surface area contributed by atoms with Gasteiger partial charge in [-0.1, -0.05) is 42.5 Å². The van der Waals surface area contributed by atoms with Crippen molar-refractivity contribution in [3.8, 4) is 11.1 Å². The Bertz CT molecular complexity index is 751. The Balaban J connectivity index is 1.66. The van der Waals surface area contributed by atoms with Gasteiger partial charge in [0.2, 0.25) is 5.91 Å². The molecule has 0 aliphatic carbocycles. The lowest BCUT2D eigenvalue weighted by molar-refractivity contribution is -0.127. The second-order valence-electron chi connectivity index (χ2n) is 7.35. The molecule has 1 saturated heterocycles. The van der Waals surface area contributed by atoms with Gasteiger partial charge in [-0.05, 0) is 57.0 Å². The molecule has 1 N–H and O–H groups in total. The predicted molar refractivity (Wildman–Crippen MR) is 103 cm³/mol. The van der Waals surface area contributed by atoms with E-state index in [1.54, 1.807) is 6.07 Å². The summed E-state index contributed by atoms with van der Waals surface area (Å²) >= 11 is 0. The minimum Gasteiger partial charge on any atom is -0.354 e. The smallest absolute Gasteiger partial charge is 0.223 e. The number of nitrogens with zero attached hydrogens (tertiary/aromatic N) is 1. The molecule has 138 valence electrons. The van der Waals surface area contributed by atoms with Gasteiger partial charge in [-0.2, -0.15) is 0 Å². The topological polar surface area (TPSA) is 32.3 Å². The van der Waals surface area contributed by atoms with Gasteiger partial charge in [-0.3, -0.25) is 9.69 Å². The molecule has 1 aliphatic rings. The number of benzene rings is 2. The van der Waals surface area contributed by atoms with Crippen LogP contribution >= 0.6 is 0 Å². The van der Waals surface area contributed by atoms with Crippen molar-refractivity contribution in [1.29, 1.82) is 0 Å². The summed E-state index contributed by atoms with van der Waals surface area (Å²) in [6.07, 6.45) is 1.75. The van der Waals surface area contributed by atoms with Gasteiger partial charge in [0.25, 0.3) is 0 Å². The summed E-state index contributed by atoms with van der Waals surface area (Å²) < 4.78 is 14.2. The maximum absolute atomic E-state index is 14.2. The molecule has 0 atom stereocenters. The number of carbonyl (C=O) groups excluding carboxylic acids is 1. The first-order valence-corrected chi connectivity index (χ1v) is 9.40. The number of amides is 1. The van der Waals surface area contributed by atoms with Gasteiger partial charge in [0.05, 0.1) is 0 Å². The molecular weight excluding hydrogens is 327 g/mol. The molecule has 26 heavy (non-hydrogen) atoms. The number of rotatable bonds is 5. The molecule has 1 heterocycles. The van der Waals surface area contributed by atoms with Gasteiger partial charge in [-0.15, -0.1) is 0 Å². The van der Waals surface area contributed by atoms with Crippen LogP contribution in [0.5, 0.6) is 0 Å². The Kier molecular flexibility index (Phi) is 6.04. The second kappa shape index (κ2) is 8.45. The monoisotopic (exact) mass is 354 g/mol. The third-order valence-corrected chi connectivity index (χ3v) is 4.96. The molecule has 3 nitrogen and oxygen atoms in total. The molecule has 2 aromatic carbocycles. The van der Waals surface area contributed by atoms with Gasteiger partial charge in [0.15, 0.2) is 0 Å². The average molecular weight is 354 g/mol. The second-order valence-corrected chi connectivity index (χ2v) is 7.35. The highest BCUT2D eigenvalue weighted by atomic mass is 19.1. The fourth-order valence-electron chi connectivity index (χ4n) is 3.60. The van der Waals surface area contributed by atoms with Crippen LogP contribution in [0.25, 0.3) is 11.1 Å². The summed E-state index contributed by atoms with van der Waals surface area (Å²) in [7, 11) is 0. The summed E-state index contributed by atoms with van der Waals surface area (Å²) in [4.78, 5) is 14.5. The van der Waals surface area contributed by atoms with E-state index in [9.17, 15) is 9.18 Å². The lowest BCUT2D eigenvalue weighted by atomic mass is 9.94. The van der Waals surface area contributed by atoms with E-state index in [4.69, 9.17) is 0 Å². The molecule has 1 amide bonds. The highest BCUT2D eigenvalue weighted by Crippen LogP contribution is 2.28. The average Bonchev–Trinajstić information content (AvgIpc) is 2.63. The molecule has 3 rings (SSSR count). The lowest BCUT2D eigenvalue weighted by Gasteiger charge is -2.32. The minimum atomic E-state index is -0.191. The van der Waals surface area contributed by atoms with Gasteiger partial charge in [0, 0.05) is 24.1 Å². The van der Waals surface area contributed by atoms with Gasteiger partial charge < -0.3 is 5.32 Å². The molecule has 0 radical (unpaired) electrons. The molecule has 4 heteroatoms. The van der Waals surface area contributed by atoms with E-state index in [2.05, 4.69) is 16.3 Å². The van der Waals surface area contributed by atoms with Crippen LogP contribution < -0.4 is 5.32 Å². The van der Waals surface area contributed by atoms with Crippen molar-refractivity contribution in [3.63, 3.8) is 0 Å². The zero-order chi connectivity index (χ0) is 18.5. The maximum Gasteiger partial charge on any atom is 0.223 e. The number of nitrogens with one attached hydrogen (secondary N) is 1. The normalized spacial score (nSPS) is 16.0. The number of piperidine rings is 1. The van der Waals surface area contributed by atoms with Crippen molar-refractivity contribution in [2.45, 2.75) is 39.3 Å². The number of likely N-dealkylation sites (tertiary alicyclic amines) is 1. The largest absolute Gasteiger partial charge is 0.354 e. The molecule has 2 aromatic rings. The van der Waals surface area contributed by atoms with E-state index in [0.717, 1.165) is 43.6 Å². The predicted octanol–water partition coefficient (Wildman–Crippen LogP) is 4.23. The standard InChI is InChI=1S/C22H27FN2O/c1-16(2)24-22(26)17-11-13-25(14-12-17)15-18-7-3-4-8-19(18)20-9-5-6-10-21(20)23/h3-10,16-17H,11-15H2,1-2H3,(H,24,26). The first kappa shape index (κ1) is 18.6. The number of hydrogen-bond donors (Lipinski definition) is 1. The van der Waals surface area contributed by atoms with Crippen LogP contribution in [0.15, 0.2) is 48.5 Å². The van der Waals surface area contributed by atoms with Gasteiger partial charge in [0.1, 0.15) is 5.82 Å². The fourth-order valence-corrected chi connectivity index (χ4v) is 3.60. The third kappa shape index (κ3) is 4.50. The summed E-state index contributed by atoms with van der Waals surface area (Å²) in [6, 6.07) is 15.1. The van der Waals surface area contributed by atoms with Crippen molar-refractivity contribution in [2.75, 3.05) is 13.1 Å². The van der Waals surface area contributed by atoms with Crippen LogP contribution in [0.1, 0.15) is 32.3 Å². The Labute approximate surface area is 155 Å². The van der Waals surface area contributed by atoms with E-state index >= 15 is 0 Å². The summed E-state index contributed by atoms with van der Waals surface area (Å²) in [5, 5.41) is 3.01. The Morgan fingerprint density at radius 2 is 1.69 bits per heavy atom. The SMILES string of the molecule is CC(C)NC(=O)C1CCN(Cc2ccccc2-c2ccccc2F)CC1. The number of halogens is 1. The summed E-state index contributed by atoms with van der Waals surface area (Å²) in [6.45, 7) is 6.55. The Morgan fingerprint density at radius 1 is 1.08 bits per heavy atom. The highest BCUT2D eigenvalue weighted by Gasteiger charge is 2.25. The molecule has 0 aromatic heterocycles. The fraction of sp³-hybridized carbons (Fsp3) is 0.409. The third-order valence-electron chi connectivity index (χ3n) is 4.96. The van der Waals surface area contributed by atoms with Crippen LogP contribution in [0, 0.1) is 11.7 Å². The van der Waals surface area contributed by atoms with Crippen molar-refractivity contribution in [3.05, 3.63) is 59.9 Å². The van der Waals surface area contributed by atoms with E-state index in [-0.39, 0.29) is 23.7 Å². The van der Waals surface area contributed by atoms with E-state index in [1.807, 2.05) is 44.2 Å². The molecule has 1 fully saturated rings. The van der Waals surface area contributed by atoms with Crippen LogP contribution in [-0.4, -0.2) is 29.9 Å². The first-order chi connectivity index (χ1) is 12.5. The van der Waals surface area contributed by atoms with Crippen molar-refractivity contribution in [2.24, 2.45) is 5.92 Å². The maximum atomic E-state index is 14.2. The van der Waals surface area contributed by atoms with Crippen LogP contribution in [0.4, 0.5) is 4.39 Å². The van der Waals surface area contributed by atoms with Gasteiger partial charge in [-0.25, -0.2) is 4.39 Å². The van der Waals surface area contributed by atoms with E-state index in [1.165, 1.54) is 6.07 Å². The summed E-state index contributed by atoms with van der Waals surface area (Å²) in [5.74, 6) is 0.0888. The zero-order valence-corrected chi connectivity index (χ0v) is 15.5. The Hall–Kier alpha value is -2.20. The molecule has 1 aliphatic heterocycles. The number of hydrogen-bond acceptors (Lipinski definition) is 2. The summed E-state index contributed by atoms with van der Waals surface area (Å²) in [5.41, 5.74) is 2.72. The Morgan fingerprint density at radius 3 is 2.35 bits per heavy atom. The van der Waals surface area contributed by atoms with Crippen molar-refractivity contribution in [1.82, 2.24) is 10.2 Å². The molecule has 0 bridgehead atoms. The zero-order valence-electron chi connectivity index (χ0n) is 15.5.